The molecule has 0 unspecified atom stereocenters. The van der Waals surface area contributed by atoms with Gasteiger partial charge in [-0.3, -0.25) is 0 Å². The highest BCUT2D eigenvalue weighted by atomic mass is 16.4. The Kier molecular flexibility index (Phi) is 2.19. The highest BCUT2D eigenvalue weighted by Gasteiger charge is 2.15. The number of aromatic nitrogens is 3. The summed E-state index contributed by atoms with van der Waals surface area (Å²) in [5, 5.41) is 8.99. The number of aromatic amines is 1. The lowest BCUT2D eigenvalue weighted by atomic mass is 10.1. The zero-order valence-electron chi connectivity index (χ0n) is 9.40. The number of benzene rings is 1. The summed E-state index contributed by atoms with van der Waals surface area (Å²) in [6.07, 6.45) is 0. The first-order valence-corrected chi connectivity index (χ1v) is 5.39. The lowest BCUT2D eigenvalue weighted by Gasteiger charge is -1.93. The van der Waals surface area contributed by atoms with Crippen LogP contribution in [0, 0.1) is 6.92 Å². The standard InChI is InChI=1S/C12H12N4O/c1-7-11(12-16-15-10(6-13)17-12)8-4-2-3-5-9(8)14-7/h2-5,14H,6,13H2,1H3. The quantitative estimate of drug-likeness (QED) is 0.702. The maximum atomic E-state index is 5.50. The second-order valence-corrected chi connectivity index (χ2v) is 3.88. The van der Waals surface area contributed by atoms with E-state index in [2.05, 4.69) is 15.2 Å². The van der Waals surface area contributed by atoms with Gasteiger partial charge in [-0.1, -0.05) is 18.2 Å². The fourth-order valence-electron chi connectivity index (χ4n) is 1.99. The van der Waals surface area contributed by atoms with E-state index in [4.69, 9.17) is 10.2 Å². The van der Waals surface area contributed by atoms with Crippen molar-refractivity contribution in [1.29, 1.82) is 0 Å². The summed E-state index contributed by atoms with van der Waals surface area (Å²) in [7, 11) is 0. The fraction of sp³-hybridized carbons (Fsp3) is 0.167. The van der Waals surface area contributed by atoms with E-state index in [9.17, 15) is 0 Å². The highest BCUT2D eigenvalue weighted by molar-refractivity contribution is 5.95. The normalized spacial score (nSPS) is 11.2. The van der Waals surface area contributed by atoms with E-state index < -0.39 is 0 Å². The summed E-state index contributed by atoms with van der Waals surface area (Å²) >= 11 is 0. The van der Waals surface area contributed by atoms with Gasteiger partial charge in [0.2, 0.25) is 11.8 Å². The van der Waals surface area contributed by atoms with Gasteiger partial charge in [0, 0.05) is 16.6 Å². The molecule has 5 heteroatoms. The van der Waals surface area contributed by atoms with Gasteiger partial charge in [-0.2, -0.15) is 0 Å². The number of nitrogens with one attached hydrogen (secondary N) is 1. The van der Waals surface area contributed by atoms with Crippen LogP contribution in [-0.4, -0.2) is 15.2 Å². The first-order chi connectivity index (χ1) is 8.29. The summed E-state index contributed by atoms with van der Waals surface area (Å²) in [4.78, 5) is 3.29. The van der Waals surface area contributed by atoms with Gasteiger partial charge in [-0.05, 0) is 13.0 Å². The molecular weight excluding hydrogens is 216 g/mol. The van der Waals surface area contributed by atoms with Gasteiger partial charge >= 0.3 is 0 Å². The molecule has 2 heterocycles. The Morgan fingerprint density at radius 3 is 2.88 bits per heavy atom. The SMILES string of the molecule is Cc1[nH]c2ccccc2c1-c1nnc(CN)o1. The summed E-state index contributed by atoms with van der Waals surface area (Å²) in [6, 6.07) is 8.02. The van der Waals surface area contributed by atoms with Crippen LogP contribution in [0.25, 0.3) is 22.4 Å². The number of hydrogen-bond acceptors (Lipinski definition) is 4. The van der Waals surface area contributed by atoms with E-state index in [1.807, 2.05) is 31.2 Å². The number of fused-ring (bicyclic) bond motifs is 1. The summed E-state index contributed by atoms with van der Waals surface area (Å²) in [5.74, 6) is 0.963. The summed E-state index contributed by atoms with van der Waals surface area (Å²) in [5.41, 5.74) is 8.49. The first-order valence-electron chi connectivity index (χ1n) is 5.39. The van der Waals surface area contributed by atoms with Crippen molar-refractivity contribution in [2.75, 3.05) is 0 Å². The average Bonchev–Trinajstić information content (AvgIpc) is 2.91. The molecule has 0 radical (unpaired) electrons. The van der Waals surface area contributed by atoms with Gasteiger partial charge in [0.1, 0.15) is 0 Å². The largest absolute Gasteiger partial charge is 0.419 e. The number of H-pyrrole nitrogens is 1. The van der Waals surface area contributed by atoms with E-state index >= 15 is 0 Å². The Bertz CT molecular complexity index is 668. The van der Waals surface area contributed by atoms with Crippen LogP contribution in [0.5, 0.6) is 0 Å². The van der Waals surface area contributed by atoms with Crippen molar-refractivity contribution in [2.45, 2.75) is 13.5 Å². The summed E-state index contributed by atoms with van der Waals surface area (Å²) < 4.78 is 5.50. The van der Waals surface area contributed by atoms with Gasteiger partial charge in [-0.25, -0.2) is 0 Å². The molecule has 0 amide bonds. The molecule has 3 aromatic rings. The van der Waals surface area contributed by atoms with Crippen molar-refractivity contribution >= 4 is 10.9 Å². The third-order valence-electron chi connectivity index (χ3n) is 2.75. The number of aryl methyl sites for hydroxylation is 1. The molecule has 5 nitrogen and oxygen atoms in total. The molecule has 0 fully saturated rings. The van der Waals surface area contributed by atoms with Crippen LogP contribution in [-0.2, 0) is 6.54 Å². The van der Waals surface area contributed by atoms with Crippen LogP contribution < -0.4 is 5.73 Å². The van der Waals surface area contributed by atoms with Crippen molar-refractivity contribution in [2.24, 2.45) is 5.73 Å². The lowest BCUT2D eigenvalue weighted by molar-refractivity contribution is 0.509. The molecule has 0 spiro atoms. The molecule has 0 aliphatic heterocycles. The Morgan fingerprint density at radius 2 is 2.12 bits per heavy atom. The number of nitrogens with zero attached hydrogens (tertiary/aromatic N) is 2. The highest BCUT2D eigenvalue weighted by Crippen LogP contribution is 2.30. The Balaban J connectivity index is 2.25. The Morgan fingerprint density at radius 1 is 1.29 bits per heavy atom. The number of rotatable bonds is 2. The maximum absolute atomic E-state index is 5.50. The van der Waals surface area contributed by atoms with Crippen LogP contribution in [0.15, 0.2) is 28.7 Å². The molecule has 0 bridgehead atoms. The van der Waals surface area contributed by atoms with E-state index in [0.717, 1.165) is 22.2 Å². The van der Waals surface area contributed by atoms with Gasteiger partial charge in [0.15, 0.2) is 0 Å². The minimum Gasteiger partial charge on any atom is -0.419 e. The molecule has 3 N–H and O–H groups in total. The van der Waals surface area contributed by atoms with Crippen LogP contribution >= 0.6 is 0 Å². The maximum Gasteiger partial charge on any atom is 0.250 e. The van der Waals surface area contributed by atoms with Gasteiger partial charge in [0.25, 0.3) is 0 Å². The third-order valence-corrected chi connectivity index (χ3v) is 2.75. The smallest absolute Gasteiger partial charge is 0.250 e. The molecule has 3 rings (SSSR count). The minimum absolute atomic E-state index is 0.258. The second kappa shape index (κ2) is 3.71. The number of para-hydroxylation sites is 1. The molecule has 0 aliphatic rings. The molecule has 1 aromatic carbocycles. The number of hydrogen-bond donors (Lipinski definition) is 2. The van der Waals surface area contributed by atoms with Crippen molar-refractivity contribution in [1.82, 2.24) is 15.2 Å². The fourth-order valence-corrected chi connectivity index (χ4v) is 1.99. The zero-order valence-corrected chi connectivity index (χ0v) is 9.40. The molecule has 86 valence electrons. The Labute approximate surface area is 97.7 Å². The molecule has 0 atom stereocenters. The molecule has 0 aliphatic carbocycles. The van der Waals surface area contributed by atoms with Crippen LogP contribution in [0.1, 0.15) is 11.6 Å². The van der Waals surface area contributed by atoms with Gasteiger partial charge in [0.05, 0.1) is 12.1 Å². The van der Waals surface area contributed by atoms with Crippen molar-refractivity contribution < 1.29 is 4.42 Å². The third kappa shape index (κ3) is 1.52. The topological polar surface area (TPSA) is 80.7 Å². The zero-order chi connectivity index (χ0) is 11.8. The lowest BCUT2D eigenvalue weighted by Crippen LogP contribution is -1.95. The van der Waals surface area contributed by atoms with Gasteiger partial charge in [-0.15, -0.1) is 10.2 Å². The van der Waals surface area contributed by atoms with Crippen LogP contribution in [0.3, 0.4) is 0 Å². The van der Waals surface area contributed by atoms with Crippen molar-refractivity contribution in [3.8, 4) is 11.5 Å². The number of nitrogens with two attached hydrogens (primary N) is 1. The van der Waals surface area contributed by atoms with Gasteiger partial charge < -0.3 is 15.1 Å². The molecule has 2 aromatic heterocycles. The minimum atomic E-state index is 0.258. The van der Waals surface area contributed by atoms with E-state index in [1.54, 1.807) is 0 Å². The predicted molar refractivity (Wildman–Crippen MR) is 64.2 cm³/mol. The van der Waals surface area contributed by atoms with Crippen molar-refractivity contribution in [3.05, 3.63) is 35.9 Å². The molecule has 0 saturated carbocycles. The summed E-state index contributed by atoms with van der Waals surface area (Å²) in [6.45, 7) is 2.25. The Hall–Kier alpha value is -2.14. The van der Waals surface area contributed by atoms with E-state index in [-0.39, 0.29) is 6.54 Å². The molecule has 17 heavy (non-hydrogen) atoms. The average molecular weight is 228 g/mol. The van der Waals surface area contributed by atoms with E-state index in [1.165, 1.54) is 0 Å². The monoisotopic (exact) mass is 228 g/mol. The molecule has 0 saturated heterocycles. The second-order valence-electron chi connectivity index (χ2n) is 3.88. The molecular formula is C12H12N4O. The van der Waals surface area contributed by atoms with E-state index in [0.29, 0.717) is 11.8 Å². The first kappa shape index (κ1) is 10.0. The predicted octanol–water partition coefficient (Wildman–Crippen LogP) is 1.99. The van der Waals surface area contributed by atoms with Crippen molar-refractivity contribution in [3.63, 3.8) is 0 Å². The van der Waals surface area contributed by atoms with Crippen LogP contribution in [0.2, 0.25) is 0 Å². The van der Waals surface area contributed by atoms with Crippen LogP contribution in [0.4, 0.5) is 0 Å².